The second-order valence-electron chi connectivity index (χ2n) is 3.82. The third-order valence-corrected chi connectivity index (χ3v) is 2.48. The lowest BCUT2D eigenvalue weighted by atomic mass is 10.2. The Morgan fingerprint density at radius 1 is 1.44 bits per heavy atom. The van der Waals surface area contributed by atoms with Gasteiger partial charge in [0.25, 0.3) is 5.91 Å². The summed E-state index contributed by atoms with van der Waals surface area (Å²) < 4.78 is 1.64. The molecule has 0 bridgehead atoms. The van der Waals surface area contributed by atoms with Gasteiger partial charge in [0, 0.05) is 19.4 Å². The van der Waals surface area contributed by atoms with Crippen molar-refractivity contribution in [2.45, 2.75) is 6.92 Å². The highest BCUT2D eigenvalue weighted by Crippen LogP contribution is 2.16. The number of hydrogen-bond acceptors (Lipinski definition) is 5. The van der Waals surface area contributed by atoms with Gasteiger partial charge in [-0.15, -0.1) is 0 Å². The largest absolute Gasteiger partial charge is 0.322 e. The van der Waals surface area contributed by atoms with Crippen LogP contribution in [0, 0.1) is 6.92 Å². The first kappa shape index (κ1) is 12.1. The molecule has 2 aromatic rings. The van der Waals surface area contributed by atoms with Gasteiger partial charge >= 0.3 is 0 Å². The van der Waals surface area contributed by atoms with E-state index in [2.05, 4.69) is 20.8 Å². The van der Waals surface area contributed by atoms with Crippen molar-refractivity contribution in [2.75, 3.05) is 10.7 Å². The van der Waals surface area contributed by atoms with Crippen molar-refractivity contribution in [3.8, 4) is 0 Å². The van der Waals surface area contributed by atoms with Gasteiger partial charge in [0.05, 0.1) is 28.8 Å². The highest BCUT2D eigenvalue weighted by atomic mass is 16.1. The van der Waals surface area contributed by atoms with Crippen LogP contribution in [0.3, 0.4) is 0 Å². The van der Waals surface area contributed by atoms with Crippen LogP contribution >= 0.6 is 0 Å². The number of nitrogens with zero attached hydrogens (tertiary/aromatic N) is 3. The van der Waals surface area contributed by atoms with Crippen molar-refractivity contribution < 1.29 is 4.79 Å². The molecule has 1 amide bonds. The summed E-state index contributed by atoms with van der Waals surface area (Å²) in [4.78, 5) is 16.0. The van der Waals surface area contributed by atoms with E-state index in [4.69, 9.17) is 5.84 Å². The van der Waals surface area contributed by atoms with Crippen molar-refractivity contribution in [2.24, 2.45) is 12.9 Å². The molecule has 0 saturated carbocycles. The van der Waals surface area contributed by atoms with E-state index in [1.54, 1.807) is 24.0 Å². The number of amides is 1. The number of pyridine rings is 1. The number of hydrogen-bond donors (Lipinski definition) is 3. The molecule has 4 N–H and O–H groups in total. The Morgan fingerprint density at radius 3 is 2.83 bits per heavy atom. The van der Waals surface area contributed by atoms with Gasteiger partial charge < -0.3 is 10.7 Å². The number of aryl methyl sites for hydroxylation is 2. The van der Waals surface area contributed by atoms with Crippen molar-refractivity contribution in [3.05, 3.63) is 35.9 Å². The number of carbonyl (C=O) groups is 1. The Balaban J connectivity index is 2.24. The highest BCUT2D eigenvalue weighted by Gasteiger charge is 2.13. The van der Waals surface area contributed by atoms with Gasteiger partial charge in [0.2, 0.25) is 0 Å². The maximum atomic E-state index is 12.1. The van der Waals surface area contributed by atoms with Crippen LogP contribution in [0.2, 0.25) is 0 Å². The Kier molecular flexibility index (Phi) is 3.24. The normalized spacial score (nSPS) is 10.2. The van der Waals surface area contributed by atoms with Gasteiger partial charge in [-0.25, -0.2) is 0 Å². The van der Waals surface area contributed by atoms with E-state index in [1.165, 1.54) is 12.4 Å². The zero-order valence-corrected chi connectivity index (χ0v) is 10.1. The fourth-order valence-corrected chi connectivity index (χ4v) is 1.62. The molecule has 18 heavy (non-hydrogen) atoms. The quantitative estimate of drug-likeness (QED) is 0.546. The second-order valence-corrected chi connectivity index (χ2v) is 3.82. The monoisotopic (exact) mass is 246 g/mol. The molecule has 2 rings (SSSR count). The van der Waals surface area contributed by atoms with Gasteiger partial charge in [-0.3, -0.25) is 20.3 Å². The fourth-order valence-electron chi connectivity index (χ4n) is 1.62. The topological polar surface area (TPSA) is 97.9 Å². The van der Waals surface area contributed by atoms with Gasteiger partial charge in [-0.1, -0.05) is 0 Å². The summed E-state index contributed by atoms with van der Waals surface area (Å²) in [5.74, 6) is 5.07. The summed E-state index contributed by atoms with van der Waals surface area (Å²) in [6.07, 6.45) is 4.76. The predicted octanol–water partition coefficient (Wildman–Crippen LogP) is 0.661. The number of rotatable bonds is 3. The molecule has 0 atom stereocenters. The Hall–Kier alpha value is -2.41. The molecule has 0 aliphatic carbocycles. The number of aromatic nitrogens is 3. The number of nitrogens with two attached hydrogens (primary N) is 1. The molecule has 0 spiro atoms. The van der Waals surface area contributed by atoms with Crippen LogP contribution in [0.15, 0.2) is 24.7 Å². The smallest absolute Gasteiger partial charge is 0.258 e. The summed E-state index contributed by atoms with van der Waals surface area (Å²) in [5, 5.41) is 6.93. The number of anilines is 2. The fraction of sp³-hybridized carbons (Fsp3) is 0.182. The minimum Gasteiger partial charge on any atom is -0.322 e. The summed E-state index contributed by atoms with van der Waals surface area (Å²) in [6.45, 7) is 1.82. The minimum absolute atomic E-state index is 0.263. The van der Waals surface area contributed by atoms with Crippen molar-refractivity contribution in [1.82, 2.24) is 14.8 Å². The average molecular weight is 246 g/mol. The lowest BCUT2D eigenvalue weighted by molar-refractivity contribution is 0.102. The van der Waals surface area contributed by atoms with Crippen LogP contribution in [-0.4, -0.2) is 20.7 Å². The van der Waals surface area contributed by atoms with Crippen LogP contribution in [0.4, 0.5) is 11.4 Å². The summed E-state index contributed by atoms with van der Waals surface area (Å²) in [6, 6.07) is 1.59. The van der Waals surface area contributed by atoms with Crippen molar-refractivity contribution >= 4 is 17.3 Å². The highest BCUT2D eigenvalue weighted by molar-refractivity contribution is 6.08. The third-order valence-electron chi connectivity index (χ3n) is 2.48. The lowest BCUT2D eigenvalue weighted by Gasteiger charge is -2.07. The molecule has 0 aromatic carbocycles. The molecule has 0 saturated heterocycles. The molecule has 2 heterocycles. The van der Waals surface area contributed by atoms with Crippen LogP contribution < -0.4 is 16.6 Å². The average Bonchev–Trinajstić information content (AvgIpc) is 2.67. The molecular weight excluding hydrogens is 232 g/mol. The molecule has 0 fully saturated rings. The van der Waals surface area contributed by atoms with Crippen LogP contribution in [0.25, 0.3) is 0 Å². The van der Waals surface area contributed by atoms with Gasteiger partial charge in [-0.2, -0.15) is 5.10 Å². The zero-order valence-electron chi connectivity index (χ0n) is 10.1. The van der Waals surface area contributed by atoms with E-state index in [-0.39, 0.29) is 5.91 Å². The molecule has 0 aliphatic heterocycles. The summed E-state index contributed by atoms with van der Waals surface area (Å²) in [7, 11) is 1.79. The lowest BCUT2D eigenvalue weighted by Crippen LogP contribution is -2.17. The van der Waals surface area contributed by atoms with Crippen molar-refractivity contribution in [3.63, 3.8) is 0 Å². The zero-order chi connectivity index (χ0) is 13.1. The molecular formula is C11H14N6O. The molecule has 0 unspecified atom stereocenters. The molecule has 7 nitrogen and oxygen atoms in total. The number of nitrogen functional groups attached to an aromatic ring is 1. The predicted molar refractivity (Wildman–Crippen MR) is 67.9 cm³/mol. The van der Waals surface area contributed by atoms with E-state index in [9.17, 15) is 4.79 Å². The van der Waals surface area contributed by atoms with Crippen LogP contribution in [0.1, 0.15) is 16.1 Å². The van der Waals surface area contributed by atoms with Crippen LogP contribution in [-0.2, 0) is 7.05 Å². The van der Waals surface area contributed by atoms with E-state index < -0.39 is 0 Å². The van der Waals surface area contributed by atoms with Gasteiger partial charge in [0.15, 0.2) is 0 Å². The first-order chi connectivity index (χ1) is 8.61. The Morgan fingerprint density at radius 2 is 2.22 bits per heavy atom. The maximum absolute atomic E-state index is 12.1. The number of carbonyl (C=O) groups excluding carboxylic acids is 1. The van der Waals surface area contributed by atoms with E-state index in [0.29, 0.717) is 16.9 Å². The van der Waals surface area contributed by atoms with E-state index in [1.807, 2.05) is 6.92 Å². The Bertz CT molecular complexity index is 577. The maximum Gasteiger partial charge on any atom is 0.258 e. The molecule has 2 aromatic heterocycles. The SMILES string of the molecule is Cc1nn(C)cc1NC(=O)c1ccncc1NN. The minimum atomic E-state index is -0.263. The summed E-state index contributed by atoms with van der Waals surface area (Å²) >= 11 is 0. The van der Waals surface area contributed by atoms with Gasteiger partial charge in [0.1, 0.15) is 0 Å². The van der Waals surface area contributed by atoms with Gasteiger partial charge in [-0.05, 0) is 13.0 Å². The molecule has 0 radical (unpaired) electrons. The number of nitrogens with one attached hydrogen (secondary N) is 2. The number of hydrazine groups is 1. The van der Waals surface area contributed by atoms with Crippen molar-refractivity contribution in [1.29, 1.82) is 0 Å². The summed E-state index contributed by atoms with van der Waals surface area (Å²) in [5.41, 5.74) is 4.75. The molecule has 7 heteroatoms. The Labute approximate surface area is 104 Å². The third kappa shape index (κ3) is 2.30. The first-order valence-corrected chi connectivity index (χ1v) is 5.34. The first-order valence-electron chi connectivity index (χ1n) is 5.34. The van der Waals surface area contributed by atoms with E-state index in [0.717, 1.165) is 5.69 Å². The van der Waals surface area contributed by atoms with Crippen LogP contribution in [0.5, 0.6) is 0 Å². The standard InChI is InChI=1S/C11H14N6O/c1-7-10(6-17(2)16-7)14-11(18)8-3-4-13-5-9(8)15-12/h3-6,15H,12H2,1-2H3,(H,14,18). The second kappa shape index (κ2) is 4.84. The molecule has 94 valence electrons. The molecule has 0 aliphatic rings. The van der Waals surface area contributed by atoms with E-state index >= 15 is 0 Å².